The lowest BCUT2D eigenvalue weighted by Gasteiger charge is -2.30. The van der Waals surface area contributed by atoms with Crippen LogP contribution in [0.25, 0.3) is 10.9 Å². The van der Waals surface area contributed by atoms with Crippen LogP contribution in [0, 0.1) is 0 Å². The average molecular weight is 381 g/mol. The van der Waals surface area contributed by atoms with Gasteiger partial charge in [-0.05, 0) is 49.9 Å². The number of nitrogens with zero attached hydrogens (tertiary/aromatic N) is 3. The first kappa shape index (κ1) is 19.8. The molecule has 0 N–H and O–H groups in total. The van der Waals surface area contributed by atoms with E-state index in [0.717, 1.165) is 46.5 Å². The summed E-state index contributed by atoms with van der Waals surface area (Å²) < 4.78 is 10.8. The lowest BCUT2D eigenvalue weighted by atomic mass is 10.1. The number of amidine groups is 1. The third-order valence-electron chi connectivity index (χ3n) is 3.81. The molecule has 0 saturated carbocycles. The van der Waals surface area contributed by atoms with Crippen LogP contribution in [-0.2, 0) is 11.3 Å². The highest BCUT2D eigenvalue weighted by Gasteiger charge is 2.23. The van der Waals surface area contributed by atoms with Gasteiger partial charge >= 0.3 is 0 Å². The van der Waals surface area contributed by atoms with Gasteiger partial charge in [-0.2, -0.15) is 0 Å². The number of aliphatic imine (C=N–C) groups is 1. The number of pyridine rings is 1. The van der Waals surface area contributed by atoms with Crippen molar-refractivity contribution in [1.29, 1.82) is 0 Å². The van der Waals surface area contributed by atoms with Gasteiger partial charge in [0.2, 0.25) is 0 Å². The molecule has 0 amide bonds. The third-order valence-corrected chi connectivity index (χ3v) is 4.93. The third kappa shape index (κ3) is 4.57. The first-order chi connectivity index (χ1) is 11.7. The van der Waals surface area contributed by atoms with E-state index in [2.05, 4.69) is 28.9 Å². The minimum Gasteiger partial charge on any atom is -1.00 e. The fraction of sp³-hybridized carbons (Fsp3) is 0.444. The van der Waals surface area contributed by atoms with E-state index in [1.54, 1.807) is 18.9 Å². The summed E-state index contributed by atoms with van der Waals surface area (Å²) in [6.45, 7) is 7.82. The largest absolute Gasteiger partial charge is 1.00 e. The Morgan fingerprint density at radius 1 is 1.28 bits per heavy atom. The Hall–Kier alpha value is -1.50. The van der Waals surface area contributed by atoms with Crippen LogP contribution in [0.4, 0.5) is 0 Å². The minimum absolute atomic E-state index is 0. The monoisotopic (exact) mass is 380 g/mol. The van der Waals surface area contributed by atoms with Crippen molar-refractivity contribution in [3.05, 3.63) is 29.8 Å². The van der Waals surface area contributed by atoms with Crippen molar-refractivity contribution in [2.45, 2.75) is 25.4 Å². The van der Waals surface area contributed by atoms with Crippen LogP contribution in [0.5, 0.6) is 5.75 Å². The molecule has 1 aromatic heterocycles. The number of fused-ring (bicyclic) bond motifs is 2. The first-order valence-corrected chi connectivity index (χ1v) is 9.09. The lowest BCUT2D eigenvalue weighted by Crippen LogP contribution is -3.00. The van der Waals surface area contributed by atoms with Gasteiger partial charge in [-0.1, -0.05) is 0 Å². The van der Waals surface area contributed by atoms with E-state index in [4.69, 9.17) is 14.5 Å². The summed E-state index contributed by atoms with van der Waals surface area (Å²) in [5, 5.41) is 3.19. The Bertz CT molecular complexity index is 754. The molecule has 0 atom stereocenters. The number of ether oxygens (including phenoxy) is 2. The van der Waals surface area contributed by atoms with Crippen molar-refractivity contribution in [2.24, 2.45) is 4.99 Å². The highest BCUT2D eigenvalue weighted by Crippen LogP contribution is 2.33. The van der Waals surface area contributed by atoms with Crippen molar-refractivity contribution < 1.29 is 21.9 Å². The molecule has 7 heteroatoms. The van der Waals surface area contributed by atoms with E-state index in [1.165, 1.54) is 5.56 Å². The number of hydrogen-bond donors (Lipinski definition) is 0. The van der Waals surface area contributed by atoms with Gasteiger partial charge in [-0.3, -0.25) is 4.99 Å². The smallest absolute Gasteiger partial charge is 0.165 e. The molecule has 0 spiro atoms. The Kier molecular flexibility index (Phi) is 7.35. The van der Waals surface area contributed by atoms with Gasteiger partial charge in [-0.15, -0.1) is 0 Å². The van der Waals surface area contributed by atoms with E-state index >= 15 is 0 Å². The molecule has 2 heterocycles. The predicted octanol–water partition coefficient (Wildman–Crippen LogP) is 0.567. The van der Waals surface area contributed by atoms with Crippen LogP contribution >= 0.6 is 11.8 Å². The maximum absolute atomic E-state index is 5.60. The highest BCUT2D eigenvalue weighted by molar-refractivity contribution is 8.13. The normalized spacial score (nSPS) is 15.2. The maximum atomic E-state index is 5.60. The van der Waals surface area contributed by atoms with Gasteiger partial charge in [-0.25, -0.2) is 4.98 Å². The number of benzene rings is 1. The topological polar surface area (TPSA) is 47.0 Å². The number of methoxy groups -OCH3 is 1. The number of hydrogen-bond acceptors (Lipinski definition) is 5. The van der Waals surface area contributed by atoms with Crippen molar-refractivity contribution >= 4 is 27.8 Å². The molecule has 0 bridgehead atoms. The van der Waals surface area contributed by atoms with Crippen LogP contribution in [0.2, 0.25) is 0 Å². The van der Waals surface area contributed by atoms with Crippen LogP contribution in [0.1, 0.15) is 19.4 Å². The molecule has 25 heavy (non-hydrogen) atoms. The van der Waals surface area contributed by atoms with E-state index in [0.29, 0.717) is 13.2 Å². The molecule has 2 aromatic rings. The number of rotatable bonds is 6. The van der Waals surface area contributed by atoms with Gasteiger partial charge in [0.1, 0.15) is 10.8 Å². The summed E-state index contributed by atoms with van der Waals surface area (Å²) in [5.41, 5.74) is 2.22. The SMILES string of the molecule is CCN=C1Sc2nc3ccc(OCC)cc3cc2CN1CCOC.[Cl-]. The van der Waals surface area contributed by atoms with Gasteiger partial charge < -0.3 is 26.8 Å². The lowest BCUT2D eigenvalue weighted by molar-refractivity contribution is -0.00000590. The van der Waals surface area contributed by atoms with Gasteiger partial charge in [0.05, 0.1) is 18.7 Å². The minimum atomic E-state index is 0. The van der Waals surface area contributed by atoms with Gasteiger partial charge in [0, 0.05) is 37.7 Å². The average Bonchev–Trinajstić information content (AvgIpc) is 2.59. The second kappa shape index (κ2) is 9.27. The fourth-order valence-electron chi connectivity index (χ4n) is 2.71. The molecule has 1 aliphatic rings. The standard InChI is InChI=1S/C18H23N3O2S.ClH/c1-4-19-18-21(8-9-22-3)12-14-10-13-11-15(23-5-2)6-7-16(13)20-17(14)24-18;/h6-7,10-11H,4-5,8-9,12H2,1-3H3;1H/p-1. The molecular weight excluding hydrogens is 358 g/mol. The van der Waals surface area contributed by atoms with E-state index in [1.807, 2.05) is 19.1 Å². The molecule has 1 aromatic carbocycles. The molecule has 0 radical (unpaired) electrons. The predicted molar refractivity (Wildman–Crippen MR) is 99.0 cm³/mol. The summed E-state index contributed by atoms with van der Waals surface area (Å²) in [6, 6.07) is 8.28. The molecule has 136 valence electrons. The summed E-state index contributed by atoms with van der Waals surface area (Å²) in [4.78, 5) is 11.7. The number of halogens is 1. The summed E-state index contributed by atoms with van der Waals surface area (Å²) in [6.07, 6.45) is 0. The molecule has 3 rings (SSSR count). The quantitative estimate of drug-likeness (QED) is 0.733. The molecule has 1 aliphatic heterocycles. The summed E-state index contributed by atoms with van der Waals surface area (Å²) in [7, 11) is 1.73. The van der Waals surface area contributed by atoms with Gasteiger partial charge in [0.25, 0.3) is 0 Å². The second-order valence-electron chi connectivity index (χ2n) is 5.51. The van der Waals surface area contributed by atoms with Gasteiger partial charge in [0.15, 0.2) is 5.17 Å². The first-order valence-electron chi connectivity index (χ1n) is 8.27. The molecular formula is C18H23ClN3O2S-. The molecule has 0 aliphatic carbocycles. The summed E-state index contributed by atoms with van der Waals surface area (Å²) in [5.74, 6) is 0.889. The fourth-order valence-corrected chi connectivity index (χ4v) is 3.76. The molecule has 0 unspecified atom stereocenters. The zero-order valence-electron chi connectivity index (χ0n) is 14.8. The van der Waals surface area contributed by atoms with E-state index < -0.39 is 0 Å². The van der Waals surface area contributed by atoms with Crippen LogP contribution in [0.3, 0.4) is 0 Å². The summed E-state index contributed by atoms with van der Waals surface area (Å²) >= 11 is 1.65. The zero-order chi connectivity index (χ0) is 16.9. The molecule has 0 saturated heterocycles. The number of thioether (sulfide) groups is 1. The zero-order valence-corrected chi connectivity index (χ0v) is 16.4. The van der Waals surface area contributed by atoms with E-state index in [-0.39, 0.29) is 12.4 Å². The van der Waals surface area contributed by atoms with Crippen molar-refractivity contribution in [1.82, 2.24) is 9.88 Å². The molecule has 5 nitrogen and oxygen atoms in total. The van der Waals surface area contributed by atoms with Crippen molar-refractivity contribution in [2.75, 3.05) is 33.4 Å². The Morgan fingerprint density at radius 2 is 2.12 bits per heavy atom. The maximum Gasteiger partial charge on any atom is 0.165 e. The Labute approximate surface area is 159 Å². The molecule has 0 fully saturated rings. The highest BCUT2D eigenvalue weighted by atomic mass is 35.5. The second-order valence-corrected chi connectivity index (χ2v) is 6.47. The number of aromatic nitrogens is 1. The van der Waals surface area contributed by atoms with Crippen LogP contribution in [0.15, 0.2) is 34.3 Å². The van der Waals surface area contributed by atoms with Crippen LogP contribution < -0.4 is 17.1 Å². The van der Waals surface area contributed by atoms with E-state index in [9.17, 15) is 0 Å². The Balaban J connectivity index is 0.00000225. The van der Waals surface area contributed by atoms with Crippen molar-refractivity contribution in [3.8, 4) is 5.75 Å². The van der Waals surface area contributed by atoms with Crippen molar-refractivity contribution in [3.63, 3.8) is 0 Å². The van der Waals surface area contributed by atoms with Crippen LogP contribution in [-0.4, -0.2) is 48.5 Å². The Morgan fingerprint density at radius 3 is 2.84 bits per heavy atom.